The zero-order valence-electron chi connectivity index (χ0n) is 11.7. The molecule has 0 saturated heterocycles. The largest absolute Gasteiger partial charge is 0.393 e. The van der Waals surface area contributed by atoms with Crippen LogP contribution in [-0.2, 0) is 11.2 Å². The standard InChI is InChI=1S/C15H23NO2/c1-11-5-6-14(9-12(11)2)10-15(18)16(4)8-7-13(3)17/h5-6,9,13,17H,7-8,10H2,1-4H3. The summed E-state index contributed by atoms with van der Waals surface area (Å²) in [7, 11) is 1.78. The Labute approximate surface area is 109 Å². The minimum atomic E-state index is -0.359. The molecule has 0 bridgehead atoms. The van der Waals surface area contributed by atoms with E-state index in [4.69, 9.17) is 0 Å². The number of hydrogen-bond donors (Lipinski definition) is 1. The van der Waals surface area contributed by atoms with Crippen molar-refractivity contribution in [1.82, 2.24) is 4.90 Å². The highest BCUT2D eigenvalue weighted by atomic mass is 16.3. The van der Waals surface area contributed by atoms with Crippen LogP contribution in [0, 0.1) is 13.8 Å². The maximum Gasteiger partial charge on any atom is 0.226 e. The van der Waals surface area contributed by atoms with Crippen LogP contribution in [0.3, 0.4) is 0 Å². The van der Waals surface area contributed by atoms with Gasteiger partial charge in [-0.25, -0.2) is 0 Å². The Morgan fingerprint density at radius 1 is 1.33 bits per heavy atom. The molecule has 0 aliphatic rings. The maximum absolute atomic E-state index is 12.0. The van der Waals surface area contributed by atoms with Crippen LogP contribution in [0.25, 0.3) is 0 Å². The van der Waals surface area contributed by atoms with Gasteiger partial charge in [0.25, 0.3) is 0 Å². The van der Waals surface area contributed by atoms with Crippen LogP contribution in [0.1, 0.15) is 30.0 Å². The van der Waals surface area contributed by atoms with Crippen molar-refractivity contribution in [3.05, 3.63) is 34.9 Å². The average Bonchev–Trinajstić information content (AvgIpc) is 2.30. The van der Waals surface area contributed by atoms with Gasteiger partial charge in [-0.1, -0.05) is 18.2 Å². The van der Waals surface area contributed by atoms with Gasteiger partial charge >= 0.3 is 0 Å². The molecule has 0 heterocycles. The highest BCUT2D eigenvalue weighted by Crippen LogP contribution is 2.11. The van der Waals surface area contributed by atoms with Crippen LogP contribution in [0.4, 0.5) is 0 Å². The van der Waals surface area contributed by atoms with Gasteiger partial charge in [0, 0.05) is 13.6 Å². The van der Waals surface area contributed by atoms with Crippen molar-refractivity contribution in [2.24, 2.45) is 0 Å². The third-order valence-electron chi connectivity index (χ3n) is 3.23. The number of likely N-dealkylation sites (N-methyl/N-ethyl adjacent to an activating group) is 1. The van der Waals surface area contributed by atoms with E-state index in [9.17, 15) is 9.90 Å². The van der Waals surface area contributed by atoms with Crippen LogP contribution >= 0.6 is 0 Å². The summed E-state index contributed by atoms with van der Waals surface area (Å²) in [5.74, 6) is 0.0962. The number of benzene rings is 1. The number of carbonyl (C=O) groups is 1. The zero-order valence-corrected chi connectivity index (χ0v) is 11.7. The fourth-order valence-electron chi connectivity index (χ4n) is 1.73. The quantitative estimate of drug-likeness (QED) is 0.868. The lowest BCUT2D eigenvalue weighted by Gasteiger charge is -2.18. The molecule has 0 radical (unpaired) electrons. The van der Waals surface area contributed by atoms with Gasteiger partial charge in [-0.3, -0.25) is 4.79 Å². The normalized spacial score (nSPS) is 12.3. The number of nitrogens with zero attached hydrogens (tertiary/aromatic N) is 1. The lowest BCUT2D eigenvalue weighted by atomic mass is 10.0. The summed E-state index contributed by atoms with van der Waals surface area (Å²) in [6.07, 6.45) is 0.689. The Kier molecular flexibility index (Phi) is 5.35. The van der Waals surface area contributed by atoms with Crippen LogP contribution < -0.4 is 0 Å². The van der Waals surface area contributed by atoms with E-state index in [0.29, 0.717) is 19.4 Å². The summed E-state index contributed by atoms with van der Waals surface area (Å²) in [4.78, 5) is 13.6. The third kappa shape index (κ3) is 4.49. The lowest BCUT2D eigenvalue weighted by molar-refractivity contribution is -0.129. The molecule has 0 spiro atoms. The number of aliphatic hydroxyl groups is 1. The number of hydrogen-bond acceptors (Lipinski definition) is 2. The lowest BCUT2D eigenvalue weighted by Crippen LogP contribution is -2.30. The van der Waals surface area contributed by atoms with E-state index in [1.165, 1.54) is 11.1 Å². The van der Waals surface area contributed by atoms with Gasteiger partial charge in [0.1, 0.15) is 0 Å². The Balaban J connectivity index is 2.55. The number of rotatable bonds is 5. The molecular weight excluding hydrogens is 226 g/mol. The van der Waals surface area contributed by atoms with Gasteiger partial charge in [-0.2, -0.15) is 0 Å². The molecular formula is C15H23NO2. The molecule has 0 aliphatic heterocycles. The zero-order chi connectivity index (χ0) is 13.7. The summed E-state index contributed by atoms with van der Waals surface area (Å²) in [5.41, 5.74) is 3.51. The molecule has 3 nitrogen and oxygen atoms in total. The second kappa shape index (κ2) is 6.55. The molecule has 18 heavy (non-hydrogen) atoms. The van der Waals surface area contributed by atoms with Crippen molar-refractivity contribution in [1.29, 1.82) is 0 Å². The van der Waals surface area contributed by atoms with Gasteiger partial charge in [-0.15, -0.1) is 0 Å². The minimum absolute atomic E-state index is 0.0962. The molecule has 1 atom stereocenters. The Bertz CT molecular complexity index is 413. The Hall–Kier alpha value is -1.35. The molecule has 1 aromatic carbocycles. The molecule has 0 aromatic heterocycles. The fourth-order valence-corrected chi connectivity index (χ4v) is 1.73. The minimum Gasteiger partial charge on any atom is -0.393 e. The molecule has 0 saturated carbocycles. The van der Waals surface area contributed by atoms with E-state index < -0.39 is 0 Å². The van der Waals surface area contributed by atoms with E-state index in [2.05, 4.69) is 19.9 Å². The molecule has 0 aliphatic carbocycles. The molecule has 1 unspecified atom stereocenters. The van der Waals surface area contributed by atoms with E-state index in [1.54, 1.807) is 18.9 Å². The average molecular weight is 249 g/mol. The van der Waals surface area contributed by atoms with Gasteiger partial charge in [-0.05, 0) is 43.9 Å². The van der Waals surface area contributed by atoms with Gasteiger partial charge in [0.05, 0.1) is 12.5 Å². The first-order valence-corrected chi connectivity index (χ1v) is 6.38. The molecule has 0 fully saturated rings. The van der Waals surface area contributed by atoms with Gasteiger partial charge < -0.3 is 10.0 Å². The first-order chi connectivity index (χ1) is 8.40. The summed E-state index contributed by atoms with van der Waals surface area (Å²) in [6.45, 7) is 6.46. The number of carbonyl (C=O) groups excluding carboxylic acids is 1. The predicted octanol–water partition coefficient (Wildman–Crippen LogP) is 2.08. The monoisotopic (exact) mass is 249 g/mol. The first-order valence-electron chi connectivity index (χ1n) is 6.38. The van der Waals surface area contributed by atoms with Gasteiger partial charge in [0.15, 0.2) is 0 Å². The second-order valence-electron chi connectivity index (χ2n) is 5.05. The van der Waals surface area contributed by atoms with Crippen molar-refractivity contribution in [3.8, 4) is 0 Å². The number of amides is 1. The molecule has 1 amide bonds. The van der Waals surface area contributed by atoms with Crippen LogP contribution in [0.2, 0.25) is 0 Å². The van der Waals surface area contributed by atoms with Crippen molar-refractivity contribution in [2.75, 3.05) is 13.6 Å². The van der Waals surface area contributed by atoms with E-state index in [-0.39, 0.29) is 12.0 Å². The van der Waals surface area contributed by atoms with Crippen LogP contribution in [-0.4, -0.2) is 35.6 Å². The maximum atomic E-state index is 12.0. The van der Waals surface area contributed by atoms with Crippen LogP contribution in [0.15, 0.2) is 18.2 Å². The van der Waals surface area contributed by atoms with Crippen LogP contribution in [0.5, 0.6) is 0 Å². The van der Waals surface area contributed by atoms with Crippen molar-refractivity contribution >= 4 is 5.91 Å². The highest BCUT2D eigenvalue weighted by Gasteiger charge is 2.10. The Morgan fingerprint density at radius 3 is 2.56 bits per heavy atom. The smallest absolute Gasteiger partial charge is 0.226 e. The SMILES string of the molecule is Cc1ccc(CC(=O)N(C)CCC(C)O)cc1C. The molecule has 3 heteroatoms. The molecule has 1 rings (SSSR count). The first kappa shape index (κ1) is 14.7. The topological polar surface area (TPSA) is 40.5 Å². The van der Waals surface area contributed by atoms with E-state index >= 15 is 0 Å². The summed E-state index contributed by atoms with van der Waals surface area (Å²) < 4.78 is 0. The van der Waals surface area contributed by atoms with Crippen molar-refractivity contribution in [3.63, 3.8) is 0 Å². The summed E-state index contributed by atoms with van der Waals surface area (Å²) in [5, 5.41) is 9.20. The van der Waals surface area contributed by atoms with Crippen molar-refractivity contribution in [2.45, 2.75) is 39.7 Å². The summed E-state index contributed by atoms with van der Waals surface area (Å²) >= 11 is 0. The van der Waals surface area contributed by atoms with E-state index in [0.717, 1.165) is 5.56 Å². The fraction of sp³-hybridized carbons (Fsp3) is 0.533. The second-order valence-corrected chi connectivity index (χ2v) is 5.05. The predicted molar refractivity (Wildman–Crippen MR) is 73.6 cm³/mol. The third-order valence-corrected chi connectivity index (χ3v) is 3.23. The number of aliphatic hydroxyl groups excluding tert-OH is 1. The summed E-state index contributed by atoms with van der Waals surface area (Å²) in [6, 6.07) is 6.12. The number of aryl methyl sites for hydroxylation is 2. The Morgan fingerprint density at radius 2 is 2.00 bits per heavy atom. The molecule has 1 N–H and O–H groups in total. The molecule has 100 valence electrons. The highest BCUT2D eigenvalue weighted by molar-refractivity contribution is 5.78. The van der Waals surface area contributed by atoms with E-state index in [1.807, 2.05) is 12.1 Å². The molecule has 1 aromatic rings. The van der Waals surface area contributed by atoms with Crippen molar-refractivity contribution < 1.29 is 9.90 Å². The van der Waals surface area contributed by atoms with Gasteiger partial charge in [0.2, 0.25) is 5.91 Å².